The first-order valence-electron chi connectivity index (χ1n) is 3.09. The van der Waals surface area contributed by atoms with E-state index in [1.807, 2.05) is 0 Å². The smallest absolute Gasteiger partial charge is 0.249 e. The highest BCUT2D eigenvalue weighted by atomic mass is 16.5. The SMILES string of the molecule is COc1c[c]c(C(N)=O)cc1. The van der Waals surface area contributed by atoms with Crippen molar-refractivity contribution in [2.24, 2.45) is 5.73 Å². The van der Waals surface area contributed by atoms with E-state index in [2.05, 4.69) is 6.07 Å². The molecule has 1 rings (SSSR count). The highest BCUT2D eigenvalue weighted by molar-refractivity contribution is 5.92. The van der Waals surface area contributed by atoms with E-state index in [-0.39, 0.29) is 0 Å². The molecule has 0 atom stereocenters. The molecule has 0 unspecified atom stereocenters. The minimum Gasteiger partial charge on any atom is -0.497 e. The lowest BCUT2D eigenvalue weighted by Crippen LogP contribution is -2.10. The largest absolute Gasteiger partial charge is 0.497 e. The molecule has 1 aromatic carbocycles. The summed E-state index contributed by atoms with van der Waals surface area (Å²) in [4.78, 5) is 10.6. The van der Waals surface area contributed by atoms with E-state index >= 15 is 0 Å². The van der Waals surface area contributed by atoms with E-state index in [0.29, 0.717) is 11.3 Å². The van der Waals surface area contributed by atoms with Crippen LogP contribution < -0.4 is 10.5 Å². The van der Waals surface area contributed by atoms with Crippen LogP contribution in [0.25, 0.3) is 0 Å². The van der Waals surface area contributed by atoms with Gasteiger partial charge in [0.25, 0.3) is 0 Å². The molecule has 1 aromatic rings. The third-order valence-electron chi connectivity index (χ3n) is 1.29. The van der Waals surface area contributed by atoms with Gasteiger partial charge in [-0.25, -0.2) is 0 Å². The van der Waals surface area contributed by atoms with Crippen LogP contribution in [0.3, 0.4) is 0 Å². The predicted molar refractivity (Wildman–Crippen MR) is 40.3 cm³/mol. The van der Waals surface area contributed by atoms with Crippen LogP contribution in [0, 0.1) is 6.07 Å². The average molecular weight is 150 g/mol. The summed E-state index contributed by atoms with van der Waals surface area (Å²) in [6.45, 7) is 0. The van der Waals surface area contributed by atoms with Gasteiger partial charge in [0.1, 0.15) is 5.75 Å². The predicted octanol–water partition coefficient (Wildman–Crippen LogP) is 0.594. The van der Waals surface area contributed by atoms with Crippen molar-refractivity contribution in [2.75, 3.05) is 7.11 Å². The number of primary amides is 1. The molecule has 0 aromatic heterocycles. The maximum Gasteiger partial charge on any atom is 0.249 e. The van der Waals surface area contributed by atoms with Gasteiger partial charge in [0.2, 0.25) is 5.91 Å². The summed E-state index contributed by atoms with van der Waals surface area (Å²) in [5.74, 6) is 0.183. The fourth-order valence-corrected chi connectivity index (χ4v) is 0.691. The molecule has 0 aliphatic rings. The van der Waals surface area contributed by atoms with Crippen molar-refractivity contribution in [1.82, 2.24) is 0 Å². The molecule has 0 heterocycles. The number of carbonyl (C=O) groups is 1. The Balaban J connectivity index is 2.91. The Bertz CT molecular complexity index is 253. The fourth-order valence-electron chi connectivity index (χ4n) is 0.691. The third kappa shape index (κ3) is 1.70. The Morgan fingerprint density at radius 3 is 2.73 bits per heavy atom. The van der Waals surface area contributed by atoms with E-state index in [4.69, 9.17) is 10.5 Å². The highest BCUT2D eigenvalue weighted by Gasteiger charge is 1.98. The fraction of sp³-hybridized carbons (Fsp3) is 0.125. The summed E-state index contributed by atoms with van der Waals surface area (Å²) < 4.78 is 4.87. The molecule has 3 heteroatoms. The minimum atomic E-state index is -0.479. The first kappa shape index (κ1) is 7.60. The van der Waals surface area contributed by atoms with Crippen LogP contribution in [-0.2, 0) is 0 Å². The highest BCUT2D eigenvalue weighted by Crippen LogP contribution is 2.09. The van der Waals surface area contributed by atoms with Gasteiger partial charge in [-0.2, -0.15) is 0 Å². The standard InChI is InChI=1S/C8H8NO2/c1-11-7-4-2-6(3-5-7)8(9)10/h2,4-5H,1H3,(H2,9,10). The van der Waals surface area contributed by atoms with Crippen LogP contribution in [0.15, 0.2) is 18.2 Å². The lowest BCUT2D eigenvalue weighted by Gasteiger charge is -1.98. The Morgan fingerprint density at radius 2 is 2.36 bits per heavy atom. The molecule has 0 aliphatic heterocycles. The molecule has 0 spiro atoms. The first-order chi connectivity index (χ1) is 5.24. The van der Waals surface area contributed by atoms with E-state index in [0.717, 1.165) is 0 Å². The van der Waals surface area contributed by atoms with E-state index in [1.165, 1.54) is 0 Å². The summed E-state index contributed by atoms with van der Waals surface area (Å²) in [6.07, 6.45) is 0. The van der Waals surface area contributed by atoms with Gasteiger partial charge in [-0.15, -0.1) is 0 Å². The van der Waals surface area contributed by atoms with Crippen molar-refractivity contribution in [3.63, 3.8) is 0 Å². The molecule has 11 heavy (non-hydrogen) atoms. The number of carbonyl (C=O) groups excluding carboxylic acids is 1. The zero-order valence-corrected chi connectivity index (χ0v) is 6.13. The van der Waals surface area contributed by atoms with E-state index < -0.39 is 5.91 Å². The molecule has 3 nitrogen and oxygen atoms in total. The molecule has 1 radical (unpaired) electrons. The quantitative estimate of drug-likeness (QED) is 0.671. The summed E-state index contributed by atoms with van der Waals surface area (Å²) in [5.41, 5.74) is 5.36. The maximum atomic E-state index is 10.6. The summed E-state index contributed by atoms with van der Waals surface area (Å²) in [7, 11) is 1.55. The molecular formula is C8H8NO2. The summed E-state index contributed by atoms with van der Waals surface area (Å²) >= 11 is 0. The number of rotatable bonds is 2. The van der Waals surface area contributed by atoms with Gasteiger partial charge in [-0.1, -0.05) is 0 Å². The topological polar surface area (TPSA) is 52.3 Å². The summed E-state index contributed by atoms with van der Waals surface area (Å²) in [5, 5.41) is 0. The van der Waals surface area contributed by atoms with Crippen LogP contribution in [0.1, 0.15) is 10.4 Å². The minimum absolute atomic E-state index is 0.366. The van der Waals surface area contributed by atoms with Crippen LogP contribution in [0.5, 0.6) is 5.75 Å². The Morgan fingerprint density at radius 1 is 1.64 bits per heavy atom. The van der Waals surface area contributed by atoms with Gasteiger partial charge in [0.05, 0.1) is 7.11 Å². The number of hydrogen-bond donors (Lipinski definition) is 1. The van der Waals surface area contributed by atoms with Crippen molar-refractivity contribution < 1.29 is 9.53 Å². The normalized spacial score (nSPS) is 9.18. The van der Waals surface area contributed by atoms with Gasteiger partial charge in [-0.3, -0.25) is 4.79 Å². The molecular weight excluding hydrogens is 142 g/mol. The van der Waals surface area contributed by atoms with Crippen molar-refractivity contribution >= 4 is 5.91 Å². The Hall–Kier alpha value is -1.51. The Kier molecular flexibility index (Phi) is 2.11. The number of methoxy groups -OCH3 is 1. The Labute approximate surface area is 64.8 Å². The number of amides is 1. The maximum absolute atomic E-state index is 10.6. The molecule has 2 N–H and O–H groups in total. The van der Waals surface area contributed by atoms with Crippen molar-refractivity contribution in [2.45, 2.75) is 0 Å². The van der Waals surface area contributed by atoms with Crippen LogP contribution in [-0.4, -0.2) is 13.0 Å². The lowest BCUT2D eigenvalue weighted by molar-refractivity contribution is 0.1000. The molecule has 0 aliphatic carbocycles. The van der Waals surface area contributed by atoms with Crippen molar-refractivity contribution in [1.29, 1.82) is 0 Å². The van der Waals surface area contributed by atoms with E-state index in [1.54, 1.807) is 25.3 Å². The second-order valence-electron chi connectivity index (χ2n) is 2.01. The van der Waals surface area contributed by atoms with Crippen LogP contribution in [0.4, 0.5) is 0 Å². The van der Waals surface area contributed by atoms with Gasteiger partial charge < -0.3 is 10.5 Å². The second-order valence-corrected chi connectivity index (χ2v) is 2.01. The molecule has 0 saturated carbocycles. The van der Waals surface area contributed by atoms with Crippen molar-refractivity contribution in [3.8, 4) is 5.75 Å². The molecule has 57 valence electrons. The number of ether oxygens (including phenoxy) is 1. The molecule has 1 amide bonds. The average Bonchev–Trinajstić information content (AvgIpc) is 2.05. The monoisotopic (exact) mass is 150 g/mol. The number of hydrogen-bond acceptors (Lipinski definition) is 2. The number of benzene rings is 1. The van der Waals surface area contributed by atoms with E-state index in [9.17, 15) is 4.79 Å². The number of nitrogens with two attached hydrogens (primary N) is 1. The lowest BCUT2D eigenvalue weighted by atomic mass is 10.2. The van der Waals surface area contributed by atoms with Gasteiger partial charge in [0, 0.05) is 5.56 Å². The van der Waals surface area contributed by atoms with Gasteiger partial charge in [0.15, 0.2) is 0 Å². The summed E-state index contributed by atoms with van der Waals surface area (Å²) in [6, 6.07) is 7.49. The van der Waals surface area contributed by atoms with Crippen LogP contribution in [0.2, 0.25) is 0 Å². The zero-order valence-electron chi connectivity index (χ0n) is 6.13. The van der Waals surface area contributed by atoms with Crippen molar-refractivity contribution in [3.05, 3.63) is 29.8 Å². The zero-order chi connectivity index (χ0) is 8.27. The molecule has 0 saturated heterocycles. The second kappa shape index (κ2) is 3.05. The van der Waals surface area contributed by atoms with Crippen LogP contribution >= 0.6 is 0 Å². The molecule has 0 fully saturated rings. The van der Waals surface area contributed by atoms with Gasteiger partial charge in [-0.05, 0) is 24.3 Å². The third-order valence-corrected chi connectivity index (χ3v) is 1.29. The molecule has 0 bridgehead atoms. The first-order valence-corrected chi connectivity index (χ1v) is 3.09. The van der Waals surface area contributed by atoms with Gasteiger partial charge >= 0.3 is 0 Å².